The lowest BCUT2D eigenvalue weighted by atomic mass is 10.0. The van der Waals surface area contributed by atoms with E-state index < -0.39 is 0 Å². The van der Waals surface area contributed by atoms with E-state index in [0.29, 0.717) is 6.42 Å². The van der Waals surface area contributed by atoms with Gasteiger partial charge in [-0.2, -0.15) is 5.10 Å². The molecule has 5 heteroatoms. The lowest BCUT2D eigenvalue weighted by Gasteiger charge is -2.13. The maximum absolute atomic E-state index is 12.5. The summed E-state index contributed by atoms with van der Waals surface area (Å²) in [7, 11) is 0. The van der Waals surface area contributed by atoms with Crippen LogP contribution in [0.4, 0.5) is 0 Å². The summed E-state index contributed by atoms with van der Waals surface area (Å²) in [5, 5.41) is 11.4. The molecule has 3 rings (SSSR count). The number of aromatic amines is 2. The molecule has 3 N–H and O–H groups in total. The van der Waals surface area contributed by atoms with Crippen molar-refractivity contribution in [3.63, 3.8) is 0 Å². The molecule has 0 bridgehead atoms. The third-order valence-corrected chi connectivity index (χ3v) is 4.59. The predicted molar refractivity (Wildman–Crippen MR) is 101 cm³/mol. The van der Waals surface area contributed by atoms with Gasteiger partial charge in [-0.05, 0) is 57.9 Å². The largest absolute Gasteiger partial charge is 0.358 e. The van der Waals surface area contributed by atoms with Crippen molar-refractivity contribution >= 4 is 16.8 Å². The van der Waals surface area contributed by atoms with Crippen LogP contribution in [0.5, 0.6) is 0 Å². The van der Waals surface area contributed by atoms with Crippen molar-refractivity contribution in [1.82, 2.24) is 20.5 Å². The molecule has 0 saturated heterocycles. The van der Waals surface area contributed by atoms with Gasteiger partial charge in [-0.25, -0.2) is 0 Å². The van der Waals surface area contributed by atoms with Gasteiger partial charge in [0.25, 0.3) is 0 Å². The van der Waals surface area contributed by atoms with Gasteiger partial charge >= 0.3 is 0 Å². The number of H-pyrrole nitrogens is 2. The molecule has 1 atom stereocenters. The highest BCUT2D eigenvalue weighted by Gasteiger charge is 2.16. The minimum absolute atomic E-state index is 0.0444. The van der Waals surface area contributed by atoms with Crippen molar-refractivity contribution < 1.29 is 4.79 Å². The van der Waals surface area contributed by atoms with E-state index in [4.69, 9.17) is 0 Å². The van der Waals surface area contributed by atoms with Crippen molar-refractivity contribution in [2.75, 3.05) is 0 Å². The number of amides is 1. The third kappa shape index (κ3) is 3.76. The molecule has 0 radical (unpaired) electrons. The molecule has 5 nitrogen and oxygen atoms in total. The number of aromatic nitrogens is 3. The summed E-state index contributed by atoms with van der Waals surface area (Å²) in [6.07, 6.45) is 1.11. The van der Waals surface area contributed by atoms with Crippen molar-refractivity contribution in [3.8, 4) is 0 Å². The normalized spacial score (nSPS) is 12.5. The van der Waals surface area contributed by atoms with Gasteiger partial charge in [0.15, 0.2) is 0 Å². The van der Waals surface area contributed by atoms with E-state index in [1.807, 2.05) is 26.8 Å². The molecular weight excluding hydrogens is 312 g/mol. The molecule has 0 fully saturated rings. The topological polar surface area (TPSA) is 73.6 Å². The van der Waals surface area contributed by atoms with Gasteiger partial charge in [0.2, 0.25) is 5.91 Å². The number of fused-ring (bicyclic) bond motifs is 1. The molecule has 0 saturated carbocycles. The van der Waals surface area contributed by atoms with E-state index in [1.54, 1.807) is 0 Å². The zero-order valence-electron chi connectivity index (χ0n) is 15.6. The summed E-state index contributed by atoms with van der Waals surface area (Å²) in [6, 6.07) is 6.38. The van der Waals surface area contributed by atoms with Crippen molar-refractivity contribution in [2.45, 2.75) is 53.5 Å². The lowest BCUT2D eigenvalue weighted by molar-refractivity contribution is -0.121. The Morgan fingerprint density at radius 2 is 1.96 bits per heavy atom. The Balaban J connectivity index is 1.72. The number of hydrogen-bond donors (Lipinski definition) is 3. The van der Waals surface area contributed by atoms with E-state index in [-0.39, 0.29) is 11.9 Å². The number of nitrogens with zero attached hydrogens (tertiary/aromatic N) is 1. The average Bonchev–Trinajstić information content (AvgIpc) is 3.04. The zero-order valence-corrected chi connectivity index (χ0v) is 15.6. The number of rotatable bonds is 5. The summed E-state index contributed by atoms with van der Waals surface area (Å²) in [6.45, 7) is 10.2. The van der Waals surface area contributed by atoms with Crippen molar-refractivity contribution in [1.29, 1.82) is 0 Å². The molecule has 1 unspecified atom stereocenters. The first-order valence-electron chi connectivity index (χ1n) is 8.72. The predicted octanol–water partition coefficient (Wildman–Crippen LogP) is 3.41. The number of benzene rings is 1. The van der Waals surface area contributed by atoms with Crippen molar-refractivity contribution in [2.24, 2.45) is 0 Å². The fraction of sp³-hybridized carbons (Fsp3) is 0.400. The summed E-state index contributed by atoms with van der Waals surface area (Å²) >= 11 is 0. The number of nitrogens with one attached hydrogen (secondary N) is 3. The second kappa shape index (κ2) is 6.75. The Morgan fingerprint density at radius 1 is 1.20 bits per heavy atom. The van der Waals surface area contributed by atoms with Crippen LogP contribution in [0.15, 0.2) is 18.2 Å². The molecule has 0 aliphatic rings. The standard InChI is InChI=1S/C20H26N4O/c1-11-6-12(2)20-18(7-11)17(15(5)22-20)10-19(25)21-13(3)8-16-9-14(4)23-24-16/h6-7,9,13,22H,8,10H2,1-5H3,(H,21,25)(H,23,24). The lowest BCUT2D eigenvalue weighted by Crippen LogP contribution is -2.35. The van der Waals surface area contributed by atoms with Crippen LogP contribution in [-0.2, 0) is 17.6 Å². The fourth-order valence-corrected chi connectivity index (χ4v) is 3.49. The summed E-state index contributed by atoms with van der Waals surface area (Å²) in [4.78, 5) is 16.0. The number of aryl methyl sites for hydroxylation is 4. The number of carbonyl (C=O) groups excluding carboxylic acids is 1. The Labute approximate surface area is 148 Å². The molecule has 0 spiro atoms. The summed E-state index contributed by atoms with van der Waals surface area (Å²) in [5.74, 6) is 0.0444. The summed E-state index contributed by atoms with van der Waals surface area (Å²) < 4.78 is 0. The van der Waals surface area contributed by atoms with Crippen molar-refractivity contribution in [3.05, 3.63) is 52.0 Å². The Bertz CT molecular complexity index is 919. The van der Waals surface area contributed by atoms with Crippen LogP contribution in [0.1, 0.15) is 40.7 Å². The fourth-order valence-electron chi connectivity index (χ4n) is 3.49. The molecule has 1 amide bonds. The van der Waals surface area contributed by atoms with E-state index >= 15 is 0 Å². The zero-order chi connectivity index (χ0) is 18.1. The number of carbonyl (C=O) groups is 1. The van der Waals surface area contributed by atoms with Gasteiger partial charge in [0.1, 0.15) is 0 Å². The van der Waals surface area contributed by atoms with E-state index in [2.05, 4.69) is 46.5 Å². The van der Waals surface area contributed by atoms with Gasteiger partial charge in [0, 0.05) is 34.8 Å². The second-order valence-electron chi connectivity index (χ2n) is 7.12. The SMILES string of the molecule is Cc1cc(C)c2[nH]c(C)c(CC(=O)NC(C)Cc3cc(C)[nH]n3)c2c1. The first kappa shape index (κ1) is 17.3. The maximum atomic E-state index is 12.5. The highest BCUT2D eigenvalue weighted by atomic mass is 16.1. The molecule has 0 aliphatic carbocycles. The first-order valence-corrected chi connectivity index (χ1v) is 8.72. The molecule has 3 aromatic rings. The Morgan fingerprint density at radius 3 is 2.64 bits per heavy atom. The van der Waals surface area contributed by atoms with Crippen LogP contribution < -0.4 is 5.32 Å². The monoisotopic (exact) mass is 338 g/mol. The van der Waals surface area contributed by atoms with Gasteiger partial charge in [-0.1, -0.05) is 11.6 Å². The minimum atomic E-state index is 0.0444. The van der Waals surface area contributed by atoms with Crippen LogP contribution in [0.25, 0.3) is 10.9 Å². The van der Waals surface area contributed by atoms with Crippen LogP contribution in [0, 0.1) is 27.7 Å². The molecule has 1 aromatic carbocycles. The van der Waals surface area contributed by atoms with Crippen LogP contribution in [0.3, 0.4) is 0 Å². The summed E-state index contributed by atoms with van der Waals surface area (Å²) in [5.41, 5.74) is 7.72. The van der Waals surface area contributed by atoms with Crippen LogP contribution >= 0.6 is 0 Å². The van der Waals surface area contributed by atoms with Gasteiger partial charge < -0.3 is 10.3 Å². The minimum Gasteiger partial charge on any atom is -0.358 e. The Kier molecular flexibility index (Phi) is 4.66. The van der Waals surface area contributed by atoms with E-state index in [0.717, 1.165) is 40.0 Å². The molecule has 132 valence electrons. The van der Waals surface area contributed by atoms with E-state index in [9.17, 15) is 4.79 Å². The highest BCUT2D eigenvalue weighted by Crippen LogP contribution is 2.26. The third-order valence-electron chi connectivity index (χ3n) is 4.59. The molecule has 2 heterocycles. The maximum Gasteiger partial charge on any atom is 0.224 e. The molecule has 25 heavy (non-hydrogen) atoms. The van der Waals surface area contributed by atoms with Gasteiger partial charge in [-0.15, -0.1) is 0 Å². The smallest absolute Gasteiger partial charge is 0.224 e. The quantitative estimate of drug-likeness (QED) is 0.667. The van der Waals surface area contributed by atoms with Gasteiger partial charge in [-0.3, -0.25) is 9.89 Å². The highest BCUT2D eigenvalue weighted by molar-refractivity contribution is 5.92. The Hall–Kier alpha value is -2.56. The van der Waals surface area contributed by atoms with Crippen LogP contribution in [-0.4, -0.2) is 27.1 Å². The molecular formula is C20H26N4O. The molecule has 2 aromatic heterocycles. The first-order chi connectivity index (χ1) is 11.8. The second-order valence-corrected chi connectivity index (χ2v) is 7.12. The molecule has 0 aliphatic heterocycles. The van der Waals surface area contributed by atoms with E-state index in [1.165, 1.54) is 11.1 Å². The van der Waals surface area contributed by atoms with Crippen LogP contribution in [0.2, 0.25) is 0 Å². The average molecular weight is 338 g/mol. The van der Waals surface area contributed by atoms with Gasteiger partial charge in [0.05, 0.1) is 12.1 Å². The number of hydrogen-bond acceptors (Lipinski definition) is 2.